The maximum Gasteiger partial charge on any atom is 0.261 e. The predicted molar refractivity (Wildman–Crippen MR) is 116 cm³/mol. The van der Waals surface area contributed by atoms with Crippen molar-refractivity contribution in [2.45, 2.75) is 39.7 Å². The highest BCUT2D eigenvalue weighted by Gasteiger charge is 2.49. The van der Waals surface area contributed by atoms with Gasteiger partial charge in [0.05, 0.1) is 6.61 Å². The SMILES string of the molecule is CC(C)(C=O)C=C=CCO[Si](c1ccccc1)(c1ccccc1)C(C)(C)C. The Kier molecular flexibility index (Phi) is 6.77. The average Bonchev–Trinajstić information content (AvgIpc) is 2.65. The van der Waals surface area contributed by atoms with Crippen LogP contribution in [0.3, 0.4) is 0 Å². The molecule has 2 aromatic carbocycles. The molecule has 0 bridgehead atoms. The number of carbonyl (C=O) groups is 1. The summed E-state index contributed by atoms with van der Waals surface area (Å²) >= 11 is 0. The Bertz CT molecular complexity index is 756. The van der Waals surface area contributed by atoms with E-state index < -0.39 is 13.7 Å². The minimum absolute atomic E-state index is 0.0463. The first-order valence-electron chi connectivity index (χ1n) is 9.36. The van der Waals surface area contributed by atoms with Crippen molar-refractivity contribution in [1.82, 2.24) is 0 Å². The van der Waals surface area contributed by atoms with Crippen LogP contribution in [0.4, 0.5) is 0 Å². The van der Waals surface area contributed by atoms with Crippen LogP contribution < -0.4 is 10.4 Å². The van der Waals surface area contributed by atoms with E-state index in [0.717, 1.165) is 6.29 Å². The fourth-order valence-corrected chi connectivity index (χ4v) is 7.77. The van der Waals surface area contributed by atoms with Gasteiger partial charge in [-0.3, -0.25) is 0 Å². The maximum absolute atomic E-state index is 11.0. The monoisotopic (exact) mass is 378 g/mol. The minimum atomic E-state index is -2.51. The molecule has 2 rings (SSSR count). The molecule has 0 heterocycles. The third-order valence-electron chi connectivity index (χ3n) is 4.68. The van der Waals surface area contributed by atoms with E-state index in [2.05, 4.69) is 75.0 Å². The third-order valence-corrected chi connectivity index (χ3v) is 9.68. The van der Waals surface area contributed by atoms with E-state index in [1.807, 2.05) is 32.1 Å². The Morgan fingerprint density at radius 2 is 1.37 bits per heavy atom. The van der Waals surface area contributed by atoms with Gasteiger partial charge in [-0.2, -0.15) is 0 Å². The van der Waals surface area contributed by atoms with Gasteiger partial charge in [-0.15, -0.1) is 5.73 Å². The van der Waals surface area contributed by atoms with Gasteiger partial charge < -0.3 is 9.22 Å². The number of aldehydes is 1. The number of benzene rings is 2. The molecular formula is C24H30O2Si. The Hall–Kier alpha value is -2.19. The van der Waals surface area contributed by atoms with Gasteiger partial charge in [0.1, 0.15) is 6.29 Å². The number of rotatable bonds is 7. The number of carbonyl (C=O) groups excluding carboxylic acids is 1. The molecule has 0 fully saturated rings. The molecule has 0 aliphatic heterocycles. The van der Waals surface area contributed by atoms with E-state index >= 15 is 0 Å². The molecule has 2 nitrogen and oxygen atoms in total. The molecule has 0 aromatic heterocycles. The van der Waals surface area contributed by atoms with Crippen LogP contribution in [0.5, 0.6) is 0 Å². The van der Waals surface area contributed by atoms with E-state index in [1.54, 1.807) is 6.08 Å². The summed E-state index contributed by atoms with van der Waals surface area (Å²) in [5, 5.41) is 2.47. The number of hydrogen-bond acceptors (Lipinski definition) is 2. The summed E-state index contributed by atoms with van der Waals surface area (Å²) in [5.41, 5.74) is 2.61. The van der Waals surface area contributed by atoms with Crippen molar-refractivity contribution in [2.24, 2.45) is 5.41 Å². The second-order valence-electron chi connectivity index (χ2n) is 8.43. The Labute approximate surface area is 164 Å². The first-order valence-corrected chi connectivity index (χ1v) is 11.3. The lowest BCUT2D eigenvalue weighted by molar-refractivity contribution is -0.112. The van der Waals surface area contributed by atoms with Gasteiger partial charge in [-0.25, -0.2) is 0 Å². The van der Waals surface area contributed by atoms with Crippen LogP contribution in [-0.2, 0) is 9.22 Å². The van der Waals surface area contributed by atoms with Crippen LogP contribution >= 0.6 is 0 Å². The fourth-order valence-electron chi connectivity index (χ4n) is 3.28. The molecule has 0 amide bonds. The predicted octanol–water partition coefficient (Wildman–Crippen LogP) is 4.50. The van der Waals surface area contributed by atoms with E-state index in [1.165, 1.54) is 10.4 Å². The van der Waals surface area contributed by atoms with Gasteiger partial charge in [0.2, 0.25) is 0 Å². The molecule has 0 N–H and O–H groups in total. The van der Waals surface area contributed by atoms with Gasteiger partial charge in [0.15, 0.2) is 0 Å². The summed E-state index contributed by atoms with van der Waals surface area (Å²) in [6, 6.07) is 21.1. The summed E-state index contributed by atoms with van der Waals surface area (Å²) < 4.78 is 6.73. The molecular weight excluding hydrogens is 348 g/mol. The summed E-state index contributed by atoms with van der Waals surface area (Å²) in [5.74, 6) is 0. The summed E-state index contributed by atoms with van der Waals surface area (Å²) in [6.45, 7) is 11.0. The molecule has 3 heteroatoms. The zero-order valence-electron chi connectivity index (χ0n) is 17.0. The summed E-state index contributed by atoms with van der Waals surface area (Å²) in [7, 11) is -2.51. The molecule has 0 spiro atoms. The molecule has 27 heavy (non-hydrogen) atoms. The van der Waals surface area contributed by atoms with Gasteiger partial charge in [-0.1, -0.05) is 81.4 Å². The highest BCUT2D eigenvalue weighted by molar-refractivity contribution is 6.99. The van der Waals surface area contributed by atoms with Crippen molar-refractivity contribution >= 4 is 25.0 Å². The van der Waals surface area contributed by atoms with Crippen LogP contribution in [0.25, 0.3) is 0 Å². The smallest absolute Gasteiger partial charge is 0.261 e. The molecule has 0 saturated heterocycles. The van der Waals surface area contributed by atoms with Crippen molar-refractivity contribution < 1.29 is 9.22 Å². The molecule has 0 radical (unpaired) electrons. The lowest BCUT2D eigenvalue weighted by Gasteiger charge is -2.42. The van der Waals surface area contributed by atoms with Crippen LogP contribution in [0.1, 0.15) is 34.6 Å². The molecule has 142 valence electrons. The van der Waals surface area contributed by atoms with Crippen LogP contribution in [0.2, 0.25) is 5.04 Å². The quantitative estimate of drug-likeness (QED) is 0.403. The Morgan fingerprint density at radius 1 is 0.889 bits per heavy atom. The zero-order chi connectivity index (χ0) is 20.0. The van der Waals surface area contributed by atoms with Crippen molar-refractivity contribution in [2.75, 3.05) is 6.61 Å². The lowest BCUT2D eigenvalue weighted by Crippen LogP contribution is -2.66. The van der Waals surface area contributed by atoms with Crippen molar-refractivity contribution in [3.63, 3.8) is 0 Å². The molecule has 2 aromatic rings. The standard InChI is InChI=1S/C24H30O2Si/c1-23(2,3)27(21-14-8-6-9-15-21,22-16-10-7-11-17-22)26-19-13-12-18-24(4,5)20-25/h6-11,13-18,20H,19H2,1-5H3. The molecule has 0 aliphatic carbocycles. The normalized spacial score (nSPS) is 12.2. The lowest BCUT2D eigenvalue weighted by atomic mass is 9.96. The first-order chi connectivity index (χ1) is 12.7. The minimum Gasteiger partial charge on any atom is -0.403 e. The molecule has 0 aliphatic rings. The van der Waals surface area contributed by atoms with Crippen molar-refractivity contribution in [3.05, 3.63) is 78.5 Å². The molecule has 0 atom stereocenters. The van der Waals surface area contributed by atoms with E-state index in [4.69, 9.17) is 4.43 Å². The van der Waals surface area contributed by atoms with Gasteiger partial charge >= 0.3 is 0 Å². The van der Waals surface area contributed by atoms with E-state index in [0.29, 0.717) is 6.61 Å². The number of hydrogen-bond donors (Lipinski definition) is 0. The van der Waals surface area contributed by atoms with Gasteiger partial charge in [0.25, 0.3) is 8.32 Å². The van der Waals surface area contributed by atoms with Crippen LogP contribution in [-0.4, -0.2) is 21.2 Å². The zero-order valence-corrected chi connectivity index (χ0v) is 18.0. The van der Waals surface area contributed by atoms with E-state index in [9.17, 15) is 4.79 Å². The fraction of sp³-hybridized carbons (Fsp3) is 0.333. The third kappa shape index (κ3) is 4.95. The van der Waals surface area contributed by atoms with Crippen LogP contribution in [0, 0.1) is 5.41 Å². The highest BCUT2D eigenvalue weighted by atomic mass is 28.4. The molecule has 0 unspecified atom stereocenters. The average molecular weight is 379 g/mol. The van der Waals surface area contributed by atoms with Crippen LogP contribution in [0.15, 0.2) is 78.5 Å². The largest absolute Gasteiger partial charge is 0.403 e. The van der Waals surface area contributed by atoms with E-state index in [-0.39, 0.29) is 5.04 Å². The summed E-state index contributed by atoms with van der Waals surface area (Å²) in [6.07, 6.45) is 4.59. The first kappa shape index (κ1) is 21.1. The van der Waals surface area contributed by atoms with Crippen molar-refractivity contribution in [3.8, 4) is 0 Å². The summed E-state index contributed by atoms with van der Waals surface area (Å²) in [4.78, 5) is 11.0. The Morgan fingerprint density at radius 3 is 1.78 bits per heavy atom. The second-order valence-corrected chi connectivity index (χ2v) is 12.7. The van der Waals surface area contributed by atoms with Gasteiger partial charge in [0, 0.05) is 5.41 Å². The maximum atomic E-state index is 11.0. The van der Waals surface area contributed by atoms with Crippen molar-refractivity contribution in [1.29, 1.82) is 0 Å². The second kappa shape index (κ2) is 8.66. The highest BCUT2D eigenvalue weighted by Crippen LogP contribution is 2.36. The molecule has 0 saturated carbocycles. The van der Waals surface area contributed by atoms with Gasteiger partial charge in [-0.05, 0) is 41.4 Å². The Balaban J connectivity index is 2.47. The topological polar surface area (TPSA) is 26.3 Å².